The summed E-state index contributed by atoms with van der Waals surface area (Å²) in [6.07, 6.45) is -0.915. The van der Waals surface area contributed by atoms with E-state index in [0.29, 0.717) is 0 Å². The fraction of sp³-hybridized carbons (Fsp3) is 0.625. The molecule has 2 atom stereocenters. The molecular formula is C8H12N2O6S. The quantitative estimate of drug-likeness (QED) is 0.542. The number of sulfonamides is 1. The van der Waals surface area contributed by atoms with Gasteiger partial charge in [-0.3, -0.25) is 9.59 Å². The molecule has 0 aromatic heterocycles. The maximum absolute atomic E-state index is 11.5. The predicted molar refractivity (Wildman–Crippen MR) is 55.4 cm³/mol. The van der Waals surface area contributed by atoms with E-state index in [9.17, 15) is 18.0 Å². The first-order valence-electron chi connectivity index (χ1n) is 4.60. The van der Waals surface area contributed by atoms with Crippen molar-refractivity contribution in [2.24, 2.45) is 0 Å². The predicted octanol–water partition coefficient (Wildman–Crippen LogP) is -0.864. The van der Waals surface area contributed by atoms with Gasteiger partial charge in [-0.25, -0.2) is 8.42 Å². The molecule has 0 aliphatic heterocycles. The van der Waals surface area contributed by atoms with Crippen LogP contribution in [0.3, 0.4) is 0 Å². The Balaban J connectivity index is 4.94. The number of carboxylic acid groups (broad SMARTS) is 2. The maximum Gasteiger partial charge on any atom is 0.322 e. The summed E-state index contributed by atoms with van der Waals surface area (Å²) in [7, 11) is -4.17. The van der Waals surface area contributed by atoms with E-state index < -0.39 is 39.7 Å². The molecule has 0 aliphatic rings. The highest BCUT2D eigenvalue weighted by Gasteiger charge is 2.31. The number of nitrogens with one attached hydrogen (secondary N) is 1. The molecule has 9 heteroatoms. The summed E-state index contributed by atoms with van der Waals surface area (Å²) in [5.41, 5.74) is 0. The van der Waals surface area contributed by atoms with E-state index in [1.54, 1.807) is 4.72 Å². The van der Waals surface area contributed by atoms with E-state index in [0.717, 1.165) is 0 Å². The lowest BCUT2D eigenvalue weighted by molar-refractivity contribution is -0.145. The van der Waals surface area contributed by atoms with Crippen LogP contribution in [0, 0.1) is 11.3 Å². The minimum Gasteiger partial charge on any atom is -0.481 e. The normalized spacial score (nSPS) is 14.6. The van der Waals surface area contributed by atoms with E-state index in [2.05, 4.69) is 0 Å². The number of nitriles is 1. The summed E-state index contributed by atoms with van der Waals surface area (Å²) in [5, 5.41) is 24.2. The van der Waals surface area contributed by atoms with Crippen LogP contribution in [-0.4, -0.2) is 41.9 Å². The van der Waals surface area contributed by atoms with Gasteiger partial charge in [-0.1, -0.05) is 6.92 Å². The Kier molecular flexibility index (Phi) is 5.57. The lowest BCUT2D eigenvalue weighted by Gasteiger charge is -2.14. The lowest BCUT2D eigenvalue weighted by Crippen LogP contribution is -2.45. The van der Waals surface area contributed by atoms with Crippen LogP contribution >= 0.6 is 0 Å². The van der Waals surface area contributed by atoms with Crippen LogP contribution < -0.4 is 4.72 Å². The smallest absolute Gasteiger partial charge is 0.322 e. The van der Waals surface area contributed by atoms with Crippen LogP contribution in [0.4, 0.5) is 0 Å². The molecule has 3 N–H and O–H groups in total. The van der Waals surface area contributed by atoms with Gasteiger partial charge in [0.05, 0.1) is 12.5 Å². The fourth-order valence-electron chi connectivity index (χ4n) is 1.01. The zero-order valence-electron chi connectivity index (χ0n) is 8.95. The molecule has 0 amide bonds. The molecule has 0 bridgehead atoms. The van der Waals surface area contributed by atoms with E-state index in [4.69, 9.17) is 15.5 Å². The molecule has 0 saturated carbocycles. The Morgan fingerprint density at radius 1 is 1.41 bits per heavy atom. The Labute approximate surface area is 97.9 Å². The summed E-state index contributed by atoms with van der Waals surface area (Å²) in [6, 6.07) is -0.279. The molecule has 8 nitrogen and oxygen atoms in total. The Morgan fingerprint density at radius 3 is 2.24 bits per heavy atom. The topological polar surface area (TPSA) is 145 Å². The first-order chi connectivity index (χ1) is 7.74. The average molecular weight is 264 g/mol. The highest BCUT2D eigenvalue weighted by molar-refractivity contribution is 7.90. The minimum atomic E-state index is -4.17. The van der Waals surface area contributed by atoms with E-state index in [1.165, 1.54) is 13.0 Å². The maximum atomic E-state index is 11.5. The third-order valence-corrected chi connectivity index (χ3v) is 3.67. The zero-order valence-corrected chi connectivity index (χ0v) is 9.77. The molecule has 0 rings (SSSR count). The van der Waals surface area contributed by atoms with Crippen molar-refractivity contribution in [3.8, 4) is 6.07 Å². The lowest BCUT2D eigenvalue weighted by atomic mass is 10.2. The number of rotatable bonds is 7. The number of carbonyl (C=O) groups is 2. The van der Waals surface area contributed by atoms with Crippen molar-refractivity contribution in [1.82, 2.24) is 4.72 Å². The molecule has 0 radical (unpaired) electrons. The number of aliphatic carboxylic acids is 2. The van der Waals surface area contributed by atoms with Crippen molar-refractivity contribution in [1.29, 1.82) is 5.26 Å². The molecule has 0 aromatic carbocycles. The summed E-state index contributed by atoms with van der Waals surface area (Å²) in [5.74, 6) is -3.06. The first-order valence-corrected chi connectivity index (χ1v) is 6.14. The second-order valence-electron chi connectivity index (χ2n) is 3.18. The molecule has 0 heterocycles. The van der Waals surface area contributed by atoms with Crippen molar-refractivity contribution in [2.45, 2.75) is 31.1 Å². The first kappa shape index (κ1) is 15.3. The molecule has 96 valence electrons. The van der Waals surface area contributed by atoms with Gasteiger partial charge in [-0.2, -0.15) is 9.98 Å². The Bertz CT molecular complexity index is 437. The van der Waals surface area contributed by atoms with Crippen LogP contribution in [0.5, 0.6) is 0 Å². The molecule has 0 aliphatic carbocycles. The monoisotopic (exact) mass is 264 g/mol. The second kappa shape index (κ2) is 6.17. The molecule has 0 fully saturated rings. The number of hydrogen-bond acceptors (Lipinski definition) is 5. The van der Waals surface area contributed by atoms with Crippen LogP contribution in [-0.2, 0) is 19.6 Å². The highest BCUT2D eigenvalue weighted by Crippen LogP contribution is 2.05. The zero-order chi connectivity index (χ0) is 13.6. The van der Waals surface area contributed by atoms with E-state index in [1.807, 2.05) is 0 Å². The van der Waals surface area contributed by atoms with Gasteiger partial charge in [0.2, 0.25) is 10.0 Å². The number of hydrogen-bond donors (Lipinski definition) is 3. The van der Waals surface area contributed by atoms with E-state index >= 15 is 0 Å². The number of nitrogens with zero attached hydrogens (tertiary/aromatic N) is 1. The van der Waals surface area contributed by atoms with Gasteiger partial charge in [0.15, 0.2) is 5.25 Å². The standard InChI is InChI=1S/C8H12N2O6S/c1-2-5(4-9)17(15,16)10-6(8(13)14)3-7(11)12/h5-6,10H,2-3H2,1H3,(H,11,12)(H,13,14). The molecule has 0 aromatic rings. The van der Waals surface area contributed by atoms with Gasteiger partial charge >= 0.3 is 11.9 Å². The highest BCUT2D eigenvalue weighted by atomic mass is 32.2. The van der Waals surface area contributed by atoms with Crippen LogP contribution in [0.2, 0.25) is 0 Å². The summed E-state index contributed by atoms with van der Waals surface area (Å²) < 4.78 is 24.7. The third kappa shape index (κ3) is 4.80. The van der Waals surface area contributed by atoms with Gasteiger partial charge in [0, 0.05) is 0 Å². The molecule has 2 unspecified atom stereocenters. The van der Waals surface area contributed by atoms with Crippen molar-refractivity contribution in [3.63, 3.8) is 0 Å². The summed E-state index contributed by atoms with van der Waals surface area (Å²) >= 11 is 0. The Morgan fingerprint density at radius 2 is 1.94 bits per heavy atom. The minimum absolute atomic E-state index is 0.0226. The van der Waals surface area contributed by atoms with Gasteiger partial charge in [-0.15, -0.1) is 0 Å². The number of carboxylic acids is 2. The SMILES string of the molecule is CCC(C#N)S(=O)(=O)NC(CC(=O)O)C(=O)O. The Hall–Kier alpha value is -1.66. The summed E-state index contributed by atoms with van der Waals surface area (Å²) in [4.78, 5) is 21.0. The summed E-state index contributed by atoms with van der Waals surface area (Å²) in [6.45, 7) is 1.44. The van der Waals surface area contributed by atoms with Crippen molar-refractivity contribution < 1.29 is 28.2 Å². The largest absolute Gasteiger partial charge is 0.481 e. The van der Waals surface area contributed by atoms with Gasteiger partial charge in [0.1, 0.15) is 6.04 Å². The van der Waals surface area contributed by atoms with Crippen molar-refractivity contribution >= 4 is 22.0 Å². The van der Waals surface area contributed by atoms with Gasteiger partial charge < -0.3 is 10.2 Å². The van der Waals surface area contributed by atoms with Crippen LogP contribution in [0.15, 0.2) is 0 Å². The van der Waals surface area contributed by atoms with Gasteiger partial charge in [-0.05, 0) is 6.42 Å². The molecule has 0 saturated heterocycles. The van der Waals surface area contributed by atoms with E-state index in [-0.39, 0.29) is 6.42 Å². The van der Waals surface area contributed by atoms with Crippen molar-refractivity contribution in [2.75, 3.05) is 0 Å². The second-order valence-corrected chi connectivity index (χ2v) is 5.07. The average Bonchev–Trinajstić information content (AvgIpc) is 2.16. The van der Waals surface area contributed by atoms with Crippen LogP contribution in [0.1, 0.15) is 19.8 Å². The third-order valence-electron chi connectivity index (χ3n) is 1.87. The molecule has 17 heavy (non-hydrogen) atoms. The molecule has 0 spiro atoms. The van der Waals surface area contributed by atoms with Crippen LogP contribution in [0.25, 0.3) is 0 Å². The molecular weight excluding hydrogens is 252 g/mol. The van der Waals surface area contributed by atoms with Gasteiger partial charge in [0.25, 0.3) is 0 Å². The fourth-order valence-corrected chi connectivity index (χ4v) is 2.34. The van der Waals surface area contributed by atoms with Crippen molar-refractivity contribution in [3.05, 3.63) is 0 Å².